The van der Waals surface area contributed by atoms with E-state index in [-0.39, 0.29) is 11.9 Å². The highest BCUT2D eigenvalue weighted by Gasteiger charge is 2.55. The van der Waals surface area contributed by atoms with Gasteiger partial charge in [-0.3, -0.25) is 4.79 Å². The Labute approximate surface area is 89.6 Å². The summed E-state index contributed by atoms with van der Waals surface area (Å²) in [6, 6.07) is 0. The molecule has 1 fully saturated rings. The monoisotopic (exact) mass is 213 g/mol. The molecular formula is C11H17O4-. The van der Waals surface area contributed by atoms with Crippen LogP contribution >= 0.6 is 0 Å². The third kappa shape index (κ3) is 1.52. The van der Waals surface area contributed by atoms with Crippen molar-refractivity contribution in [3.05, 3.63) is 0 Å². The van der Waals surface area contributed by atoms with E-state index in [9.17, 15) is 14.7 Å². The van der Waals surface area contributed by atoms with Gasteiger partial charge in [0.05, 0.1) is 13.0 Å². The Morgan fingerprint density at radius 1 is 1.33 bits per heavy atom. The maximum Gasteiger partial charge on any atom is 0.309 e. The Bertz CT molecular complexity index is 295. The maximum absolute atomic E-state index is 11.5. The van der Waals surface area contributed by atoms with E-state index in [0.29, 0.717) is 12.8 Å². The lowest BCUT2D eigenvalue weighted by Gasteiger charge is -2.41. The van der Waals surface area contributed by atoms with E-state index in [2.05, 4.69) is 0 Å². The van der Waals surface area contributed by atoms with Gasteiger partial charge in [0.15, 0.2) is 0 Å². The number of methoxy groups -OCH3 is 1. The summed E-state index contributed by atoms with van der Waals surface area (Å²) in [6.45, 7) is 5.22. The van der Waals surface area contributed by atoms with Gasteiger partial charge in [-0.15, -0.1) is 0 Å². The van der Waals surface area contributed by atoms with Crippen molar-refractivity contribution in [1.29, 1.82) is 0 Å². The molecule has 1 saturated carbocycles. The highest BCUT2D eigenvalue weighted by atomic mass is 16.5. The van der Waals surface area contributed by atoms with Gasteiger partial charge in [0.2, 0.25) is 0 Å². The second-order valence-corrected chi connectivity index (χ2v) is 4.96. The summed E-state index contributed by atoms with van der Waals surface area (Å²) in [5.74, 6) is -1.77. The zero-order valence-electron chi connectivity index (χ0n) is 9.62. The van der Waals surface area contributed by atoms with Gasteiger partial charge in [-0.1, -0.05) is 20.8 Å². The SMILES string of the molecule is COC(=O)[C@H]1CC[C@](C)(C(=O)[O-])C1(C)C. The van der Waals surface area contributed by atoms with Crippen molar-refractivity contribution in [3.8, 4) is 0 Å². The van der Waals surface area contributed by atoms with Crippen molar-refractivity contribution >= 4 is 11.9 Å². The molecule has 0 amide bonds. The molecule has 0 heterocycles. The normalized spacial score (nSPS) is 33.7. The summed E-state index contributed by atoms with van der Waals surface area (Å²) in [5, 5.41) is 11.1. The number of carboxylic acids is 1. The molecular weight excluding hydrogens is 196 g/mol. The molecule has 1 aliphatic carbocycles. The fraction of sp³-hybridized carbons (Fsp3) is 0.818. The third-order valence-electron chi connectivity index (χ3n) is 4.16. The van der Waals surface area contributed by atoms with Crippen LogP contribution < -0.4 is 5.11 Å². The van der Waals surface area contributed by atoms with Crippen LogP contribution in [-0.4, -0.2) is 19.0 Å². The quantitative estimate of drug-likeness (QED) is 0.621. The average molecular weight is 213 g/mol. The van der Waals surface area contributed by atoms with Gasteiger partial charge < -0.3 is 14.6 Å². The lowest BCUT2D eigenvalue weighted by molar-refractivity contribution is -0.323. The van der Waals surface area contributed by atoms with Crippen LogP contribution in [0.25, 0.3) is 0 Å². The minimum absolute atomic E-state index is 0.329. The van der Waals surface area contributed by atoms with Crippen LogP contribution in [-0.2, 0) is 14.3 Å². The minimum atomic E-state index is -1.08. The van der Waals surface area contributed by atoms with Crippen LogP contribution in [0.4, 0.5) is 0 Å². The van der Waals surface area contributed by atoms with Crippen LogP contribution in [0.3, 0.4) is 0 Å². The first-order valence-electron chi connectivity index (χ1n) is 5.06. The first-order chi connectivity index (χ1) is 6.77. The van der Waals surface area contributed by atoms with Gasteiger partial charge in [0, 0.05) is 11.4 Å². The number of rotatable bonds is 2. The Hall–Kier alpha value is -1.06. The Kier molecular flexibility index (Phi) is 2.81. The van der Waals surface area contributed by atoms with Crippen molar-refractivity contribution in [3.63, 3.8) is 0 Å². The van der Waals surface area contributed by atoms with E-state index in [0.717, 1.165) is 0 Å². The molecule has 86 valence electrons. The summed E-state index contributed by atoms with van der Waals surface area (Å²) >= 11 is 0. The van der Waals surface area contributed by atoms with Crippen LogP contribution in [0.15, 0.2) is 0 Å². The zero-order chi connectivity index (χ0) is 11.9. The van der Waals surface area contributed by atoms with Crippen LogP contribution in [0.1, 0.15) is 33.6 Å². The lowest BCUT2D eigenvalue weighted by atomic mass is 9.66. The number of carbonyl (C=O) groups is 2. The van der Waals surface area contributed by atoms with Gasteiger partial charge in [0.1, 0.15) is 0 Å². The van der Waals surface area contributed by atoms with Crippen molar-refractivity contribution in [2.24, 2.45) is 16.7 Å². The molecule has 0 saturated heterocycles. The van der Waals surface area contributed by atoms with Gasteiger partial charge in [0.25, 0.3) is 0 Å². The molecule has 4 heteroatoms. The number of esters is 1. The number of aliphatic carboxylic acids is 1. The number of carboxylic acid groups (broad SMARTS) is 1. The Morgan fingerprint density at radius 2 is 1.87 bits per heavy atom. The molecule has 2 atom stereocenters. The Balaban J connectivity index is 3.04. The number of carbonyl (C=O) groups excluding carboxylic acids is 2. The summed E-state index contributed by atoms with van der Waals surface area (Å²) < 4.78 is 4.69. The molecule has 1 aliphatic rings. The molecule has 0 unspecified atom stereocenters. The molecule has 0 bridgehead atoms. The summed E-state index contributed by atoms with van der Waals surface area (Å²) in [7, 11) is 1.33. The van der Waals surface area contributed by atoms with Crippen molar-refractivity contribution in [1.82, 2.24) is 0 Å². The van der Waals surface area contributed by atoms with Crippen LogP contribution in [0.5, 0.6) is 0 Å². The van der Waals surface area contributed by atoms with E-state index < -0.39 is 16.8 Å². The zero-order valence-corrected chi connectivity index (χ0v) is 9.62. The fourth-order valence-electron chi connectivity index (χ4n) is 2.42. The number of hydrogen-bond acceptors (Lipinski definition) is 4. The molecule has 4 nitrogen and oxygen atoms in total. The van der Waals surface area contributed by atoms with Crippen molar-refractivity contribution < 1.29 is 19.4 Å². The van der Waals surface area contributed by atoms with Gasteiger partial charge in [-0.05, 0) is 18.3 Å². The van der Waals surface area contributed by atoms with E-state index in [1.165, 1.54) is 7.11 Å². The van der Waals surface area contributed by atoms with Gasteiger partial charge in [-0.25, -0.2) is 0 Å². The predicted octanol–water partition coefficient (Wildman–Crippen LogP) is 0.352. The molecule has 1 rings (SSSR count). The van der Waals surface area contributed by atoms with E-state index in [4.69, 9.17) is 4.74 Å². The standard InChI is InChI=1S/C11H18O4/c1-10(2)7(8(12)15-4)5-6-11(10,3)9(13)14/h7H,5-6H2,1-4H3,(H,13,14)/p-1/t7-,11-/m1/s1. The first kappa shape index (κ1) is 12.0. The molecule has 15 heavy (non-hydrogen) atoms. The predicted molar refractivity (Wildman–Crippen MR) is 51.6 cm³/mol. The summed E-state index contributed by atoms with van der Waals surface area (Å²) in [4.78, 5) is 22.6. The molecule has 0 aliphatic heterocycles. The topological polar surface area (TPSA) is 66.4 Å². The molecule has 0 spiro atoms. The number of ether oxygens (including phenoxy) is 1. The van der Waals surface area contributed by atoms with Crippen molar-refractivity contribution in [2.45, 2.75) is 33.6 Å². The highest BCUT2D eigenvalue weighted by Crippen LogP contribution is 2.55. The minimum Gasteiger partial charge on any atom is -0.550 e. The average Bonchev–Trinajstić information content (AvgIpc) is 2.39. The highest BCUT2D eigenvalue weighted by molar-refractivity contribution is 5.79. The summed E-state index contributed by atoms with van der Waals surface area (Å²) in [5.41, 5.74) is -1.58. The first-order valence-corrected chi connectivity index (χ1v) is 5.06. The third-order valence-corrected chi connectivity index (χ3v) is 4.16. The molecule has 0 aromatic rings. The van der Waals surface area contributed by atoms with Crippen LogP contribution in [0, 0.1) is 16.7 Å². The van der Waals surface area contributed by atoms with E-state index in [1.54, 1.807) is 20.8 Å². The van der Waals surface area contributed by atoms with Gasteiger partial charge >= 0.3 is 5.97 Å². The second kappa shape index (κ2) is 3.51. The van der Waals surface area contributed by atoms with Crippen molar-refractivity contribution in [2.75, 3.05) is 7.11 Å². The smallest absolute Gasteiger partial charge is 0.309 e. The molecule has 0 radical (unpaired) electrons. The van der Waals surface area contributed by atoms with Gasteiger partial charge in [-0.2, -0.15) is 0 Å². The Morgan fingerprint density at radius 3 is 2.20 bits per heavy atom. The fourth-order valence-corrected chi connectivity index (χ4v) is 2.42. The molecule has 0 N–H and O–H groups in total. The molecule has 0 aromatic heterocycles. The largest absolute Gasteiger partial charge is 0.550 e. The summed E-state index contributed by atoms with van der Waals surface area (Å²) in [6.07, 6.45) is 1.01. The van der Waals surface area contributed by atoms with Crippen LogP contribution in [0.2, 0.25) is 0 Å². The maximum atomic E-state index is 11.5. The lowest BCUT2D eigenvalue weighted by Crippen LogP contribution is -2.49. The second-order valence-electron chi connectivity index (χ2n) is 4.96. The van der Waals surface area contributed by atoms with E-state index >= 15 is 0 Å². The molecule has 0 aromatic carbocycles. The van der Waals surface area contributed by atoms with E-state index in [1.807, 2.05) is 0 Å². The number of hydrogen-bond donors (Lipinski definition) is 0.